The number of sulfonamides is 1. The van der Waals surface area contributed by atoms with Crippen LogP contribution >= 0.6 is 15.9 Å². The first-order valence-electron chi connectivity index (χ1n) is 12.8. The normalized spacial score (nSPS) is 12.3. The molecule has 2 amide bonds. The minimum absolute atomic E-state index is 0.126. The van der Waals surface area contributed by atoms with Gasteiger partial charge in [-0.05, 0) is 75.2 Å². The topological polar surface area (TPSA) is 96.0 Å². The average molecular weight is 631 g/mol. The Hall–Kier alpha value is -3.37. The summed E-state index contributed by atoms with van der Waals surface area (Å²) in [6.07, 6.45) is 1.05. The van der Waals surface area contributed by atoms with E-state index in [1.807, 2.05) is 75.4 Å². The minimum atomic E-state index is -3.83. The molecule has 0 spiro atoms. The van der Waals surface area contributed by atoms with Crippen molar-refractivity contribution < 1.29 is 22.7 Å². The van der Waals surface area contributed by atoms with Crippen LogP contribution in [-0.4, -0.2) is 49.5 Å². The van der Waals surface area contributed by atoms with Gasteiger partial charge in [-0.25, -0.2) is 8.42 Å². The zero-order valence-electron chi connectivity index (χ0n) is 23.4. The molecule has 0 aliphatic heterocycles. The Morgan fingerprint density at radius 2 is 1.57 bits per heavy atom. The second-order valence-corrected chi connectivity index (χ2v) is 13.4. The van der Waals surface area contributed by atoms with E-state index in [2.05, 4.69) is 21.2 Å². The van der Waals surface area contributed by atoms with E-state index in [1.165, 1.54) is 4.90 Å². The van der Waals surface area contributed by atoms with Crippen molar-refractivity contribution in [3.8, 4) is 5.75 Å². The Balaban J connectivity index is 1.83. The maximum atomic E-state index is 13.7. The summed E-state index contributed by atoms with van der Waals surface area (Å²) in [6, 6.07) is 22.8. The lowest BCUT2D eigenvalue weighted by atomic mass is 10.1. The van der Waals surface area contributed by atoms with Gasteiger partial charge in [0.25, 0.3) is 0 Å². The predicted octanol–water partition coefficient (Wildman–Crippen LogP) is 5.13. The van der Waals surface area contributed by atoms with E-state index in [4.69, 9.17) is 4.74 Å². The average Bonchev–Trinajstić information content (AvgIpc) is 2.88. The molecule has 10 heteroatoms. The molecule has 0 heterocycles. The number of carbonyl (C=O) groups excluding carboxylic acids is 2. The van der Waals surface area contributed by atoms with Crippen molar-refractivity contribution in [1.82, 2.24) is 10.2 Å². The van der Waals surface area contributed by atoms with Gasteiger partial charge in [-0.3, -0.25) is 13.9 Å². The van der Waals surface area contributed by atoms with Crippen molar-refractivity contribution in [2.45, 2.75) is 52.4 Å². The molecule has 0 bridgehead atoms. The molecule has 0 radical (unpaired) electrons. The van der Waals surface area contributed by atoms with Crippen LogP contribution in [0, 0.1) is 0 Å². The molecule has 0 fully saturated rings. The number of anilines is 1. The maximum Gasteiger partial charge on any atom is 0.244 e. The Morgan fingerprint density at radius 3 is 2.15 bits per heavy atom. The zero-order valence-corrected chi connectivity index (χ0v) is 25.8. The first-order chi connectivity index (χ1) is 18.7. The summed E-state index contributed by atoms with van der Waals surface area (Å²) in [5.74, 6) is -0.274. The monoisotopic (exact) mass is 629 g/mol. The highest BCUT2D eigenvalue weighted by Gasteiger charge is 2.31. The molecular weight excluding hydrogens is 594 g/mol. The van der Waals surface area contributed by atoms with Gasteiger partial charge >= 0.3 is 0 Å². The van der Waals surface area contributed by atoms with Gasteiger partial charge in [-0.15, -0.1) is 0 Å². The third-order valence-electron chi connectivity index (χ3n) is 5.96. The van der Waals surface area contributed by atoms with E-state index in [1.54, 1.807) is 31.2 Å². The fourth-order valence-corrected chi connectivity index (χ4v) is 5.25. The molecule has 0 saturated heterocycles. The van der Waals surface area contributed by atoms with Crippen LogP contribution in [0.25, 0.3) is 0 Å². The molecule has 40 heavy (non-hydrogen) atoms. The van der Waals surface area contributed by atoms with Crippen LogP contribution in [0.4, 0.5) is 5.69 Å². The number of nitrogens with zero attached hydrogens (tertiary/aromatic N) is 2. The van der Waals surface area contributed by atoms with Crippen LogP contribution in [0.15, 0.2) is 83.3 Å². The molecule has 0 aliphatic carbocycles. The summed E-state index contributed by atoms with van der Waals surface area (Å²) >= 11 is 3.44. The van der Waals surface area contributed by atoms with Gasteiger partial charge in [-0.2, -0.15) is 0 Å². The van der Waals surface area contributed by atoms with Crippen LogP contribution in [0.3, 0.4) is 0 Å². The van der Waals surface area contributed by atoms with Gasteiger partial charge in [-0.1, -0.05) is 58.4 Å². The number of rotatable bonds is 11. The molecule has 8 nitrogen and oxygen atoms in total. The summed E-state index contributed by atoms with van der Waals surface area (Å²) in [5.41, 5.74) is 1.62. The van der Waals surface area contributed by atoms with E-state index in [9.17, 15) is 18.0 Å². The molecule has 0 unspecified atom stereocenters. The Kier molecular flexibility index (Phi) is 10.4. The van der Waals surface area contributed by atoms with Crippen LogP contribution in [-0.2, 0) is 32.8 Å². The summed E-state index contributed by atoms with van der Waals surface area (Å²) < 4.78 is 33.3. The Bertz CT molecular complexity index is 1410. The second-order valence-electron chi connectivity index (χ2n) is 10.6. The number of hydrogen-bond donors (Lipinski definition) is 1. The smallest absolute Gasteiger partial charge is 0.244 e. The van der Waals surface area contributed by atoms with E-state index in [0.717, 1.165) is 26.2 Å². The third kappa shape index (κ3) is 9.38. The summed E-state index contributed by atoms with van der Waals surface area (Å²) in [4.78, 5) is 28.2. The fraction of sp³-hybridized carbons (Fsp3) is 0.333. The molecule has 3 aromatic rings. The molecule has 1 N–H and O–H groups in total. The SMILES string of the molecule is C[C@@H](C(=O)NC(C)(C)C)N(Cc1cccc(Br)c1)C(=O)CN(c1ccc(OCc2ccccc2)cc1)S(C)(=O)=O. The highest BCUT2D eigenvalue weighted by atomic mass is 79.9. The van der Waals surface area contributed by atoms with Crippen molar-refractivity contribution in [1.29, 1.82) is 0 Å². The molecule has 3 aromatic carbocycles. The second kappa shape index (κ2) is 13.3. The summed E-state index contributed by atoms with van der Waals surface area (Å²) in [5, 5.41) is 2.91. The lowest BCUT2D eigenvalue weighted by Gasteiger charge is -2.33. The molecule has 1 atom stereocenters. The first-order valence-corrected chi connectivity index (χ1v) is 15.5. The van der Waals surface area contributed by atoms with Gasteiger partial charge in [0, 0.05) is 16.6 Å². The highest BCUT2D eigenvalue weighted by molar-refractivity contribution is 9.10. The van der Waals surface area contributed by atoms with Crippen LogP contribution in [0.2, 0.25) is 0 Å². The first kappa shape index (κ1) is 31.2. The van der Waals surface area contributed by atoms with Crippen LogP contribution < -0.4 is 14.4 Å². The van der Waals surface area contributed by atoms with Crippen LogP contribution in [0.1, 0.15) is 38.8 Å². The predicted molar refractivity (Wildman–Crippen MR) is 161 cm³/mol. The lowest BCUT2D eigenvalue weighted by Crippen LogP contribution is -2.54. The number of hydrogen-bond acceptors (Lipinski definition) is 5. The number of nitrogens with one attached hydrogen (secondary N) is 1. The summed E-state index contributed by atoms with van der Waals surface area (Å²) in [7, 11) is -3.83. The molecule has 0 saturated carbocycles. The number of amides is 2. The third-order valence-corrected chi connectivity index (χ3v) is 7.59. The van der Waals surface area contributed by atoms with Gasteiger partial charge in [0.1, 0.15) is 24.9 Å². The maximum absolute atomic E-state index is 13.7. The largest absolute Gasteiger partial charge is 0.489 e. The van der Waals surface area contributed by atoms with Crippen LogP contribution in [0.5, 0.6) is 5.75 Å². The standard InChI is InChI=1S/C30H36BrN3O5S/c1-22(29(36)32-30(2,3)4)33(19-24-12-9-13-25(31)18-24)28(35)20-34(40(5,37)38)26-14-16-27(17-15-26)39-21-23-10-7-6-8-11-23/h6-18,22H,19-21H2,1-5H3,(H,32,36)/t22-/m0/s1. The lowest BCUT2D eigenvalue weighted by molar-refractivity contribution is -0.140. The zero-order chi connectivity index (χ0) is 29.5. The molecule has 0 aliphatic rings. The Labute approximate surface area is 245 Å². The minimum Gasteiger partial charge on any atom is -0.489 e. The quantitative estimate of drug-likeness (QED) is 0.317. The van der Waals surface area contributed by atoms with E-state index in [-0.39, 0.29) is 12.5 Å². The van der Waals surface area contributed by atoms with Crippen molar-refractivity contribution in [3.63, 3.8) is 0 Å². The van der Waals surface area contributed by atoms with Gasteiger partial charge in [0.05, 0.1) is 11.9 Å². The molecular formula is C30H36BrN3O5S. The number of benzene rings is 3. The van der Waals surface area contributed by atoms with Gasteiger partial charge < -0.3 is 15.0 Å². The highest BCUT2D eigenvalue weighted by Crippen LogP contribution is 2.23. The number of ether oxygens (including phenoxy) is 1. The Morgan fingerprint density at radius 1 is 0.950 bits per heavy atom. The fourth-order valence-electron chi connectivity index (χ4n) is 3.95. The van der Waals surface area contributed by atoms with Gasteiger partial charge in [0.15, 0.2) is 0 Å². The molecule has 0 aromatic heterocycles. The van der Waals surface area contributed by atoms with Crippen molar-refractivity contribution in [2.75, 3.05) is 17.1 Å². The van der Waals surface area contributed by atoms with Crippen molar-refractivity contribution in [3.05, 3.63) is 94.5 Å². The van der Waals surface area contributed by atoms with E-state index in [0.29, 0.717) is 18.0 Å². The van der Waals surface area contributed by atoms with E-state index < -0.39 is 34.1 Å². The van der Waals surface area contributed by atoms with E-state index >= 15 is 0 Å². The number of halogens is 1. The molecule has 214 valence electrons. The van der Waals surface area contributed by atoms with Gasteiger partial charge in [0.2, 0.25) is 21.8 Å². The summed E-state index contributed by atoms with van der Waals surface area (Å²) in [6.45, 7) is 7.24. The number of carbonyl (C=O) groups is 2. The van der Waals surface area contributed by atoms with Crippen molar-refractivity contribution in [2.24, 2.45) is 0 Å². The van der Waals surface area contributed by atoms with Crippen molar-refractivity contribution >= 4 is 43.5 Å². The molecule has 3 rings (SSSR count).